The van der Waals surface area contributed by atoms with Crippen LogP contribution in [-0.4, -0.2) is 25.4 Å². The third-order valence-electron chi connectivity index (χ3n) is 1.95. The molecule has 9 heteroatoms. The average molecular weight is 307 g/mol. The van der Waals surface area contributed by atoms with Crippen LogP contribution in [0.5, 0.6) is 0 Å². The molecule has 0 aliphatic carbocycles. The first kappa shape index (κ1) is 15.0. The van der Waals surface area contributed by atoms with Gasteiger partial charge in [-0.2, -0.15) is 0 Å². The summed E-state index contributed by atoms with van der Waals surface area (Å²) in [5, 5.41) is 0. The van der Waals surface area contributed by atoms with Crippen molar-refractivity contribution in [3.63, 3.8) is 0 Å². The number of sulfonamides is 1. The van der Waals surface area contributed by atoms with Crippen molar-refractivity contribution in [3.8, 4) is 0 Å². The van der Waals surface area contributed by atoms with E-state index in [4.69, 9.17) is 23.7 Å². The highest BCUT2D eigenvalue weighted by molar-refractivity contribution is 7.91. The van der Waals surface area contributed by atoms with Crippen molar-refractivity contribution < 1.29 is 13.2 Å². The number of carbonyl (C=O) groups is 1. The fourth-order valence-electron chi connectivity index (χ4n) is 1.26. The van der Waals surface area contributed by atoms with Gasteiger partial charge in [0.1, 0.15) is 9.20 Å². The minimum absolute atomic E-state index is 0.0627. The standard InChI is InChI=1S/C9H13N3O3S3/c1-5(4-7(10)13)12-18(14,15)8-3-2-6(17-8)9(11)16/h2-3,5,12H,4H2,1H3,(H2,10,13)(H2,11,16). The lowest BCUT2D eigenvalue weighted by atomic mass is 10.2. The maximum atomic E-state index is 11.9. The van der Waals surface area contributed by atoms with Crippen molar-refractivity contribution in [2.24, 2.45) is 11.5 Å². The van der Waals surface area contributed by atoms with E-state index in [2.05, 4.69) is 4.72 Å². The zero-order valence-electron chi connectivity index (χ0n) is 9.54. The van der Waals surface area contributed by atoms with E-state index >= 15 is 0 Å². The lowest BCUT2D eigenvalue weighted by Crippen LogP contribution is -2.35. The topological polar surface area (TPSA) is 115 Å². The molecule has 0 aliphatic heterocycles. The molecule has 0 aliphatic rings. The smallest absolute Gasteiger partial charge is 0.250 e. The second kappa shape index (κ2) is 5.74. The lowest BCUT2D eigenvalue weighted by molar-refractivity contribution is -0.118. The van der Waals surface area contributed by atoms with Gasteiger partial charge in [0.05, 0.1) is 4.88 Å². The Hall–Kier alpha value is -1.03. The summed E-state index contributed by atoms with van der Waals surface area (Å²) in [4.78, 5) is 11.3. The van der Waals surface area contributed by atoms with Gasteiger partial charge in [-0.05, 0) is 19.1 Å². The van der Waals surface area contributed by atoms with Gasteiger partial charge in [-0.1, -0.05) is 12.2 Å². The van der Waals surface area contributed by atoms with Crippen LogP contribution in [0.1, 0.15) is 18.2 Å². The Kier molecular flexibility index (Phi) is 4.79. The molecule has 0 radical (unpaired) electrons. The molecule has 0 fully saturated rings. The van der Waals surface area contributed by atoms with Crippen LogP contribution in [0.2, 0.25) is 0 Å². The molecule has 1 unspecified atom stereocenters. The Labute approximate surface area is 114 Å². The Morgan fingerprint density at radius 2 is 2.11 bits per heavy atom. The number of nitrogens with one attached hydrogen (secondary N) is 1. The maximum absolute atomic E-state index is 11.9. The second-order valence-corrected chi connectivity index (χ2v) is 7.14. The maximum Gasteiger partial charge on any atom is 0.250 e. The number of rotatable bonds is 6. The average Bonchev–Trinajstić information content (AvgIpc) is 2.63. The van der Waals surface area contributed by atoms with Crippen LogP contribution in [0, 0.1) is 0 Å². The summed E-state index contributed by atoms with van der Waals surface area (Å²) in [5.74, 6) is -0.569. The zero-order valence-corrected chi connectivity index (χ0v) is 12.0. The summed E-state index contributed by atoms with van der Waals surface area (Å²) in [7, 11) is -3.67. The second-order valence-electron chi connectivity index (χ2n) is 3.68. The van der Waals surface area contributed by atoms with Gasteiger partial charge < -0.3 is 11.5 Å². The van der Waals surface area contributed by atoms with Gasteiger partial charge in [-0.3, -0.25) is 4.79 Å². The molecule has 6 nitrogen and oxygen atoms in total. The summed E-state index contributed by atoms with van der Waals surface area (Å²) in [5.41, 5.74) is 10.4. The summed E-state index contributed by atoms with van der Waals surface area (Å²) < 4.78 is 26.3. The Balaban J connectivity index is 2.85. The molecule has 1 amide bonds. The number of hydrogen-bond donors (Lipinski definition) is 3. The van der Waals surface area contributed by atoms with E-state index in [0.29, 0.717) is 4.88 Å². The highest BCUT2D eigenvalue weighted by atomic mass is 32.2. The Morgan fingerprint density at radius 3 is 2.56 bits per heavy atom. The summed E-state index contributed by atoms with van der Waals surface area (Å²) in [6.45, 7) is 1.56. The van der Waals surface area contributed by atoms with Crippen LogP contribution in [-0.2, 0) is 14.8 Å². The lowest BCUT2D eigenvalue weighted by Gasteiger charge is -2.10. The van der Waals surface area contributed by atoms with Crippen molar-refractivity contribution in [2.45, 2.75) is 23.6 Å². The van der Waals surface area contributed by atoms with Gasteiger partial charge >= 0.3 is 0 Å². The first-order chi connectivity index (χ1) is 8.22. The molecule has 5 N–H and O–H groups in total. The molecular weight excluding hydrogens is 294 g/mol. The van der Waals surface area contributed by atoms with E-state index < -0.39 is 22.0 Å². The molecule has 1 atom stereocenters. The highest BCUT2D eigenvalue weighted by Crippen LogP contribution is 2.21. The number of hydrogen-bond acceptors (Lipinski definition) is 5. The van der Waals surface area contributed by atoms with Crippen LogP contribution in [0.15, 0.2) is 16.3 Å². The first-order valence-corrected chi connectivity index (χ1v) is 7.63. The summed E-state index contributed by atoms with van der Waals surface area (Å²) in [6.07, 6.45) is -0.0627. The van der Waals surface area contributed by atoms with Gasteiger partial charge in [0.2, 0.25) is 15.9 Å². The molecule has 1 rings (SSSR count). The normalized spacial score (nSPS) is 13.2. The number of thiophene rings is 1. The van der Waals surface area contributed by atoms with Gasteiger partial charge in [-0.15, -0.1) is 11.3 Å². The predicted octanol–water partition coefficient (Wildman–Crippen LogP) is -0.0755. The fraction of sp³-hybridized carbons (Fsp3) is 0.333. The first-order valence-electron chi connectivity index (χ1n) is 4.92. The SMILES string of the molecule is CC(CC(N)=O)NS(=O)(=O)c1ccc(C(N)=S)s1. The molecule has 1 aromatic rings. The quantitative estimate of drug-likeness (QED) is 0.636. The van der Waals surface area contributed by atoms with Crippen LogP contribution in [0.25, 0.3) is 0 Å². The van der Waals surface area contributed by atoms with E-state index in [1.165, 1.54) is 6.07 Å². The molecule has 0 saturated carbocycles. The van der Waals surface area contributed by atoms with Crippen LogP contribution in [0.4, 0.5) is 0 Å². The summed E-state index contributed by atoms with van der Waals surface area (Å²) in [6, 6.07) is 2.39. The molecule has 1 heterocycles. The zero-order chi connectivity index (χ0) is 13.9. The van der Waals surface area contributed by atoms with Gasteiger partial charge in [-0.25, -0.2) is 13.1 Å². The van der Waals surface area contributed by atoms with E-state index in [1.54, 1.807) is 13.0 Å². The number of thiocarbonyl (C=S) groups is 1. The molecule has 1 aromatic heterocycles. The molecule has 0 saturated heterocycles. The minimum atomic E-state index is -3.67. The van der Waals surface area contributed by atoms with Gasteiger partial charge in [0.25, 0.3) is 0 Å². The van der Waals surface area contributed by atoms with Crippen molar-refractivity contribution in [1.82, 2.24) is 4.72 Å². The van der Waals surface area contributed by atoms with Crippen LogP contribution >= 0.6 is 23.6 Å². The monoisotopic (exact) mass is 307 g/mol. The van der Waals surface area contributed by atoms with Crippen molar-refractivity contribution in [3.05, 3.63) is 17.0 Å². The van der Waals surface area contributed by atoms with Gasteiger partial charge in [0, 0.05) is 12.5 Å². The van der Waals surface area contributed by atoms with E-state index in [9.17, 15) is 13.2 Å². The number of primary amides is 1. The van der Waals surface area contributed by atoms with Crippen LogP contribution in [0.3, 0.4) is 0 Å². The molecule has 0 spiro atoms. The molecular formula is C9H13N3O3S3. The van der Waals surface area contributed by atoms with E-state index in [1.807, 2.05) is 0 Å². The molecule has 18 heavy (non-hydrogen) atoms. The Morgan fingerprint density at radius 1 is 1.50 bits per heavy atom. The van der Waals surface area contributed by atoms with Gasteiger partial charge in [0.15, 0.2) is 0 Å². The minimum Gasteiger partial charge on any atom is -0.389 e. The Bertz CT molecular complexity index is 565. The molecule has 100 valence electrons. The van der Waals surface area contributed by atoms with E-state index in [-0.39, 0.29) is 15.6 Å². The van der Waals surface area contributed by atoms with Crippen molar-refractivity contribution >= 4 is 44.5 Å². The largest absolute Gasteiger partial charge is 0.389 e. The number of amides is 1. The highest BCUT2D eigenvalue weighted by Gasteiger charge is 2.20. The van der Waals surface area contributed by atoms with Crippen LogP contribution < -0.4 is 16.2 Å². The molecule has 0 bridgehead atoms. The predicted molar refractivity (Wildman–Crippen MR) is 73.8 cm³/mol. The molecule has 0 aromatic carbocycles. The van der Waals surface area contributed by atoms with Crippen molar-refractivity contribution in [2.75, 3.05) is 0 Å². The third-order valence-corrected chi connectivity index (χ3v) is 5.50. The fourth-order valence-corrected chi connectivity index (χ4v) is 3.87. The third kappa shape index (κ3) is 4.02. The number of nitrogens with two attached hydrogens (primary N) is 2. The number of carbonyl (C=O) groups excluding carboxylic acids is 1. The summed E-state index contributed by atoms with van der Waals surface area (Å²) >= 11 is 5.73. The van der Waals surface area contributed by atoms with E-state index in [0.717, 1.165) is 11.3 Å². The van der Waals surface area contributed by atoms with Crippen molar-refractivity contribution in [1.29, 1.82) is 0 Å².